The van der Waals surface area contributed by atoms with Gasteiger partial charge in [0.15, 0.2) is 18.1 Å². The van der Waals surface area contributed by atoms with Crippen molar-refractivity contribution in [1.29, 1.82) is 0 Å². The van der Waals surface area contributed by atoms with Gasteiger partial charge < -0.3 is 19.7 Å². The number of para-hydroxylation sites is 2. The Kier molecular flexibility index (Phi) is 6.52. The highest BCUT2D eigenvalue weighted by molar-refractivity contribution is 5.78. The van der Waals surface area contributed by atoms with Crippen LogP contribution < -0.4 is 14.8 Å². The number of methoxy groups -OCH3 is 1. The third kappa shape index (κ3) is 4.63. The second kappa shape index (κ2) is 8.63. The Morgan fingerprint density at radius 1 is 1.27 bits per heavy atom. The van der Waals surface area contributed by atoms with Crippen LogP contribution in [0.15, 0.2) is 24.3 Å². The molecule has 5 nitrogen and oxygen atoms in total. The topological polar surface area (TPSA) is 50.8 Å². The van der Waals surface area contributed by atoms with Gasteiger partial charge in [-0.2, -0.15) is 0 Å². The van der Waals surface area contributed by atoms with Crippen LogP contribution in [0.1, 0.15) is 19.3 Å². The summed E-state index contributed by atoms with van der Waals surface area (Å²) in [6.07, 6.45) is 3.36. The fourth-order valence-corrected chi connectivity index (χ4v) is 2.79. The Balaban J connectivity index is 1.76. The molecule has 1 aromatic carbocycles. The van der Waals surface area contributed by atoms with E-state index >= 15 is 0 Å². The van der Waals surface area contributed by atoms with Gasteiger partial charge in [-0.1, -0.05) is 12.1 Å². The molecule has 1 amide bonds. The lowest BCUT2D eigenvalue weighted by atomic mass is 9.93. The number of ether oxygens (including phenoxy) is 2. The number of hydrogen-bond donors (Lipinski definition) is 1. The summed E-state index contributed by atoms with van der Waals surface area (Å²) in [4.78, 5) is 14.1. The SMILES string of the molecule is CNCCC1CCN(C(=O)COc2ccccc2OC)CC1. The van der Waals surface area contributed by atoms with E-state index in [1.807, 2.05) is 36.2 Å². The molecule has 1 aliphatic rings. The molecule has 0 saturated carbocycles. The lowest BCUT2D eigenvalue weighted by molar-refractivity contribution is -0.134. The molecule has 0 aliphatic carbocycles. The molecule has 122 valence electrons. The van der Waals surface area contributed by atoms with Crippen LogP contribution in [0.2, 0.25) is 0 Å². The van der Waals surface area contributed by atoms with Gasteiger partial charge in [-0.3, -0.25) is 4.79 Å². The zero-order valence-corrected chi connectivity index (χ0v) is 13.5. The van der Waals surface area contributed by atoms with Crippen LogP contribution >= 0.6 is 0 Å². The summed E-state index contributed by atoms with van der Waals surface area (Å²) in [6.45, 7) is 2.79. The first-order valence-electron chi connectivity index (χ1n) is 7.92. The van der Waals surface area contributed by atoms with E-state index in [-0.39, 0.29) is 12.5 Å². The summed E-state index contributed by atoms with van der Waals surface area (Å²) in [5, 5.41) is 3.19. The van der Waals surface area contributed by atoms with Gasteiger partial charge in [-0.15, -0.1) is 0 Å². The summed E-state index contributed by atoms with van der Waals surface area (Å²) in [5.41, 5.74) is 0. The van der Waals surface area contributed by atoms with Gasteiger partial charge in [-0.25, -0.2) is 0 Å². The Hall–Kier alpha value is -1.75. The maximum absolute atomic E-state index is 12.2. The minimum atomic E-state index is 0.0537. The Morgan fingerprint density at radius 3 is 2.59 bits per heavy atom. The number of likely N-dealkylation sites (tertiary alicyclic amines) is 1. The largest absolute Gasteiger partial charge is 0.493 e. The average Bonchev–Trinajstić information content (AvgIpc) is 2.58. The van der Waals surface area contributed by atoms with Crippen LogP contribution in [0.4, 0.5) is 0 Å². The van der Waals surface area contributed by atoms with Crippen molar-refractivity contribution in [3.8, 4) is 11.5 Å². The van der Waals surface area contributed by atoms with Gasteiger partial charge >= 0.3 is 0 Å². The number of carbonyl (C=O) groups excluding carboxylic acids is 1. The van der Waals surface area contributed by atoms with Crippen molar-refractivity contribution in [3.05, 3.63) is 24.3 Å². The smallest absolute Gasteiger partial charge is 0.260 e. The van der Waals surface area contributed by atoms with E-state index in [1.165, 1.54) is 6.42 Å². The first-order chi connectivity index (χ1) is 10.7. The quantitative estimate of drug-likeness (QED) is 0.836. The molecule has 1 fully saturated rings. The number of hydrogen-bond acceptors (Lipinski definition) is 4. The van der Waals surface area contributed by atoms with E-state index in [2.05, 4.69) is 5.32 Å². The fourth-order valence-electron chi connectivity index (χ4n) is 2.79. The first kappa shape index (κ1) is 16.6. The van der Waals surface area contributed by atoms with Gasteiger partial charge in [0.05, 0.1) is 7.11 Å². The third-order valence-corrected chi connectivity index (χ3v) is 4.19. The zero-order chi connectivity index (χ0) is 15.8. The van der Waals surface area contributed by atoms with E-state index in [0.717, 1.165) is 38.4 Å². The minimum Gasteiger partial charge on any atom is -0.493 e. The molecule has 0 atom stereocenters. The highest BCUT2D eigenvalue weighted by atomic mass is 16.5. The van der Waals surface area contributed by atoms with Gasteiger partial charge in [0.1, 0.15) is 0 Å². The molecule has 1 heterocycles. The highest BCUT2D eigenvalue weighted by Crippen LogP contribution is 2.26. The monoisotopic (exact) mass is 306 g/mol. The zero-order valence-electron chi connectivity index (χ0n) is 13.5. The standard InChI is InChI=1S/C17H26N2O3/c1-18-10-7-14-8-11-19(12-9-14)17(20)13-22-16-6-4-3-5-15(16)21-2/h3-6,14,18H,7-13H2,1-2H3. The predicted molar refractivity (Wildman–Crippen MR) is 86.3 cm³/mol. The fraction of sp³-hybridized carbons (Fsp3) is 0.588. The molecule has 1 N–H and O–H groups in total. The number of nitrogens with one attached hydrogen (secondary N) is 1. The van der Waals surface area contributed by atoms with Crippen LogP contribution in [0, 0.1) is 5.92 Å². The molecule has 1 aliphatic heterocycles. The van der Waals surface area contributed by atoms with E-state index in [0.29, 0.717) is 11.5 Å². The summed E-state index contributed by atoms with van der Waals surface area (Å²) in [7, 11) is 3.58. The molecule has 0 radical (unpaired) electrons. The van der Waals surface area contributed by atoms with Crippen LogP contribution in [0.5, 0.6) is 11.5 Å². The molecule has 2 rings (SSSR count). The van der Waals surface area contributed by atoms with E-state index < -0.39 is 0 Å². The molecular weight excluding hydrogens is 280 g/mol. The predicted octanol–water partition coefficient (Wildman–Crippen LogP) is 1.92. The summed E-state index contributed by atoms with van der Waals surface area (Å²) < 4.78 is 10.8. The van der Waals surface area contributed by atoms with Crippen LogP contribution in [0.25, 0.3) is 0 Å². The van der Waals surface area contributed by atoms with Gasteiger partial charge in [0.25, 0.3) is 5.91 Å². The van der Waals surface area contributed by atoms with Crippen molar-refractivity contribution < 1.29 is 14.3 Å². The minimum absolute atomic E-state index is 0.0537. The Labute approximate surface area is 132 Å². The molecule has 1 aromatic rings. The second-order valence-electron chi connectivity index (χ2n) is 5.66. The van der Waals surface area contributed by atoms with E-state index in [9.17, 15) is 4.79 Å². The maximum Gasteiger partial charge on any atom is 0.260 e. The third-order valence-electron chi connectivity index (χ3n) is 4.19. The van der Waals surface area contributed by atoms with Crippen LogP contribution in [-0.2, 0) is 4.79 Å². The maximum atomic E-state index is 12.2. The van der Waals surface area contributed by atoms with Gasteiger partial charge in [-0.05, 0) is 50.9 Å². The van der Waals surface area contributed by atoms with Gasteiger partial charge in [0.2, 0.25) is 0 Å². The number of amides is 1. The molecule has 0 bridgehead atoms. The lowest BCUT2D eigenvalue weighted by Crippen LogP contribution is -2.41. The van der Waals surface area contributed by atoms with Crippen molar-refractivity contribution in [2.45, 2.75) is 19.3 Å². The number of nitrogens with zero attached hydrogens (tertiary/aromatic N) is 1. The molecule has 22 heavy (non-hydrogen) atoms. The normalized spacial score (nSPS) is 15.6. The van der Waals surface area contributed by atoms with Crippen LogP contribution in [0.3, 0.4) is 0 Å². The van der Waals surface area contributed by atoms with Crippen molar-refractivity contribution in [3.63, 3.8) is 0 Å². The van der Waals surface area contributed by atoms with Crippen LogP contribution in [-0.4, -0.2) is 51.2 Å². The number of piperidine rings is 1. The van der Waals surface area contributed by atoms with Crippen molar-refractivity contribution in [2.24, 2.45) is 5.92 Å². The molecule has 0 spiro atoms. The van der Waals surface area contributed by atoms with Crippen molar-refractivity contribution in [2.75, 3.05) is 40.4 Å². The lowest BCUT2D eigenvalue weighted by Gasteiger charge is -2.32. The summed E-state index contributed by atoms with van der Waals surface area (Å²) in [5.74, 6) is 2.05. The Bertz CT molecular complexity index is 471. The Morgan fingerprint density at radius 2 is 1.95 bits per heavy atom. The number of rotatable bonds is 7. The number of benzene rings is 1. The molecule has 0 aromatic heterocycles. The highest BCUT2D eigenvalue weighted by Gasteiger charge is 2.22. The van der Waals surface area contributed by atoms with E-state index in [4.69, 9.17) is 9.47 Å². The van der Waals surface area contributed by atoms with Crippen molar-refractivity contribution in [1.82, 2.24) is 10.2 Å². The van der Waals surface area contributed by atoms with Gasteiger partial charge in [0, 0.05) is 13.1 Å². The summed E-state index contributed by atoms with van der Waals surface area (Å²) >= 11 is 0. The average molecular weight is 306 g/mol. The second-order valence-corrected chi connectivity index (χ2v) is 5.66. The molecular formula is C17H26N2O3. The first-order valence-corrected chi connectivity index (χ1v) is 7.92. The summed E-state index contributed by atoms with van der Waals surface area (Å²) in [6, 6.07) is 7.39. The van der Waals surface area contributed by atoms with Crippen molar-refractivity contribution >= 4 is 5.91 Å². The molecule has 0 unspecified atom stereocenters. The van der Waals surface area contributed by atoms with E-state index in [1.54, 1.807) is 7.11 Å². The molecule has 1 saturated heterocycles. The molecule has 5 heteroatoms. The number of carbonyl (C=O) groups is 1.